The highest BCUT2D eigenvalue weighted by atomic mass is 16.1. The van der Waals surface area contributed by atoms with Crippen molar-refractivity contribution in [3.05, 3.63) is 0 Å². The van der Waals surface area contributed by atoms with Gasteiger partial charge in [-0.25, -0.2) is 0 Å². The van der Waals surface area contributed by atoms with Crippen LogP contribution in [0.25, 0.3) is 0 Å². The highest BCUT2D eigenvalue weighted by Gasteiger charge is 2.25. The Hall–Kier alpha value is -0.570. The van der Waals surface area contributed by atoms with Crippen molar-refractivity contribution in [3.63, 3.8) is 0 Å². The zero-order valence-electron chi connectivity index (χ0n) is 13.8. The second-order valence-electron chi connectivity index (χ2n) is 7.13. The van der Waals surface area contributed by atoms with Crippen LogP contribution in [0.1, 0.15) is 71.1 Å². The van der Waals surface area contributed by atoms with E-state index in [1.807, 2.05) is 0 Å². The third-order valence-electron chi connectivity index (χ3n) is 5.49. The fraction of sp³-hybridized carbons (Fsp3) is 0.944. The van der Waals surface area contributed by atoms with E-state index in [2.05, 4.69) is 17.6 Å². The summed E-state index contributed by atoms with van der Waals surface area (Å²) in [5, 5.41) is 6.60. The summed E-state index contributed by atoms with van der Waals surface area (Å²) in [5.41, 5.74) is 0. The van der Waals surface area contributed by atoms with E-state index < -0.39 is 0 Å². The number of nitrogens with one attached hydrogen (secondary N) is 2. The molecule has 1 saturated carbocycles. The molecule has 2 rings (SSSR count). The summed E-state index contributed by atoms with van der Waals surface area (Å²) in [6.45, 7) is 5.46. The lowest BCUT2D eigenvalue weighted by Crippen LogP contribution is -2.35. The number of hydrogen-bond donors (Lipinski definition) is 2. The largest absolute Gasteiger partial charge is 0.356 e. The fourth-order valence-electron chi connectivity index (χ4n) is 3.92. The average molecular weight is 294 g/mol. The van der Waals surface area contributed by atoms with Crippen LogP contribution in [0.4, 0.5) is 0 Å². The molecule has 2 fully saturated rings. The van der Waals surface area contributed by atoms with Gasteiger partial charge in [0.05, 0.1) is 0 Å². The molecule has 2 aliphatic rings. The molecule has 122 valence electrons. The predicted octanol–water partition coefficient (Wildman–Crippen LogP) is 3.49. The molecule has 0 aromatic rings. The van der Waals surface area contributed by atoms with Crippen LogP contribution < -0.4 is 10.6 Å². The molecule has 0 unspecified atom stereocenters. The Balaban J connectivity index is 1.56. The minimum Gasteiger partial charge on any atom is -0.356 e. The smallest absolute Gasteiger partial charge is 0.223 e. The highest BCUT2D eigenvalue weighted by molar-refractivity contribution is 5.78. The van der Waals surface area contributed by atoms with Crippen molar-refractivity contribution < 1.29 is 4.79 Å². The van der Waals surface area contributed by atoms with Crippen molar-refractivity contribution in [1.82, 2.24) is 10.6 Å². The number of carbonyl (C=O) groups excluding carboxylic acids is 1. The maximum Gasteiger partial charge on any atom is 0.223 e. The zero-order chi connectivity index (χ0) is 14.9. The molecule has 0 aromatic heterocycles. The molecule has 1 aliphatic heterocycles. The Morgan fingerprint density at radius 3 is 2.33 bits per heavy atom. The summed E-state index contributed by atoms with van der Waals surface area (Å²) in [6, 6.07) is 0. The molecule has 0 bridgehead atoms. The number of carbonyl (C=O) groups is 1. The van der Waals surface area contributed by atoms with Crippen LogP contribution in [-0.4, -0.2) is 25.5 Å². The molecule has 3 nitrogen and oxygen atoms in total. The van der Waals surface area contributed by atoms with Crippen LogP contribution in [0, 0.1) is 17.8 Å². The maximum atomic E-state index is 12.2. The monoisotopic (exact) mass is 294 g/mol. The van der Waals surface area contributed by atoms with E-state index >= 15 is 0 Å². The first kappa shape index (κ1) is 16.8. The average Bonchev–Trinajstić information content (AvgIpc) is 2.54. The van der Waals surface area contributed by atoms with Crippen molar-refractivity contribution >= 4 is 5.91 Å². The summed E-state index contributed by atoms with van der Waals surface area (Å²) < 4.78 is 0. The van der Waals surface area contributed by atoms with Crippen molar-refractivity contribution in [2.45, 2.75) is 71.1 Å². The lowest BCUT2D eigenvalue weighted by atomic mass is 9.79. The molecule has 0 aromatic carbocycles. The number of rotatable bonds is 7. The van der Waals surface area contributed by atoms with Gasteiger partial charge in [0, 0.05) is 12.5 Å². The number of piperidine rings is 1. The van der Waals surface area contributed by atoms with Crippen LogP contribution in [0.5, 0.6) is 0 Å². The van der Waals surface area contributed by atoms with E-state index in [1.165, 1.54) is 51.4 Å². The first-order valence-electron chi connectivity index (χ1n) is 9.28. The molecule has 21 heavy (non-hydrogen) atoms. The molecule has 2 N–H and O–H groups in total. The number of hydrogen-bond acceptors (Lipinski definition) is 2. The summed E-state index contributed by atoms with van der Waals surface area (Å²) >= 11 is 0. The second-order valence-corrected chi connectivity index (χ2v) is 7.13. The topological polar surface area (TPSA) is 41.1 Å². The van der Waals surface area contributed by atoms with Gasteiger partial charge in [-0.2, -0.15) is 0 Å². The molecule has 1 saturated heterocycles. The van der Waals surface area contributed by atoms with Gasteiger partial charge in [0.2, 0.25) is 5.91 Å². The minimum atomic E-state index is 0.302. The standard InChI is InChI=1S/C18H34N2O/c1-2-3-4-15-5-7-17(8-6-15)18(21)20-14-11-16-9-12-19-13-10-16/h15-17,19H,2-14H2,1H3,(H,20,21). The highest BCUT2D eigenvalue weighted by Crippen LogP contribution is 2.32. The summed E-state index contributed by atoms with van der Waals surface area (Å²) in [6.07, 6.45) is 12.5. The van der Waals surface area contributed by atoms with Crippen molar-refractivity contribution in [3.8, 4) is 0 Å². The van der Waals surface area contributed by atoms with Crippen LogP contribution in [0.15, 0.2) is 0 Å². The third-order valence-corrected chi connectivity index (χ3v) is 5.49. The van der Waals surface area contributed by atoms with Gasteiger partial charge in [-0.05, 0) is 69.9 Å². The molecule has 1 heterocycles. The van der Waals surface area contributed by atoms with Gasteiger partial charge < -0.3 is 10.6 Å². The van der Waals surface area contributed by atoms with Gasteiger partial charge in [-0.15, -0.1) is 0 Å². The zero-order valence-corrected chi connectivity index (χ0v) is 13.8. The van der Waals surface area contributed by atoms with E-state index in [0.29, 0.717) is 11.8 Å². The molecule has 0 atom stereocenters. The first-order valence-corrected chi connectivity index (χ1v) is 9.28. The van der Waals surface area contributed by atoms with E-state index in [0.717, 1.165) is 44.3 Å². The molecular weight excluding hydrogens is 260 g/mol. The molecule has 0 radical (unpaired) electrons. The molecule has 0 spiro atoms. The third kappa shape index (κ3) is 5.98. The Morgan fingerprint density at radius 1 is 1.00 bits per heavy atom. The van der Waals surface area contributed by atoms with Crippen LogP contribution in [-0.2, 0) is 4.79 Å². The van der Waals surface area contributed by atoms with E-state index in [4.69, 9.17) is 0 Å². The van der Waals surface area contributed by atoms with E-state index in [1.54, 1.807) is 0 Å². The summed E-state index contributed by atoms with van der Waals surface area (Å²) in [4.78, 5) is 12.2. The van der Waals surface area contributed by atoms with Gasteiger partial charge in [0.25, 0.3) is 0 Å². The van der Waals surface area contributed by atoms with Crippen molar-refractivity contribution in [1.29, 1.82) is 0 Å². The van der Waals surface area contributed by atoms with Gasteiger partial charge in [-0.3, -0.25) is 4.79 Å². The lowest BCUT2D eigenvalue weighted by molar-refractivity contribution is -0.126. The van der Waals surface area contributed by atoms with Crippen LogP contribution >= 0.6 is 0 Å². The van der Waals surface area contributed by atoms with E-state index in [-0.39, 0.29) is 0 Å². The van der Waals surface area contributed by atoms with Crippen LogP contribution in [0.3, 0.4) is 0 Å². The van der Waals surface area contributed by atoms with Gasteiger partial charge in [0.1, 0.15) is 0 Å². The summed E-state index contributed by atoms with van der Waals surface area (Å²) in [5.74, 6) is 2.34. The number of unbranched alkanes of at least 4 members (excludes halogenated alkanes) is 1. The predicted molar refractivity (Wildman–Crippen MR) is 88.2 cm³/mol. The fourth-order valence-corrected chi connectivity index (χ4v) is 3.92. The maximum absolute atomic E-state index is 12.2. The Kier molecular flexibility index (Phi) is 7.56. The Morgan fingerprint density at radius 2 is 1.67 bits per heavy atom. The normalized spacial score (nSPS) is 27.5. The quantitative estimate of drug-likeness (QED) is 0.754. The van der Waals surface area contributed by atoms with Crippen LogP contribution in [0.2, 0.25) is 0 Å². The SMILES string of the molecule is CCCCC1CCC(C(=O)NCCC2CCNCC2)CC1. The number of amides is 1. The second kappa shape index (κ2) is 9.45. The summed E-state index contributed by atoms with van der Waals surface area (Å²) in [7, 11) is 0. The van der Waals surface area contributed by atoms with Gasteiger partial charge in [0.15, 0.2) is 0 Å². The molecule has 1 amide bonds. The van der Waals surface area contributed by atoms with Gasteiger partial charge >= 0.3 is 0 Å². The first-order chi connectivity index (χ1) is 10.3. The molecular formula is C18H34N2O. The molecule has 1 aliphatic carbocycles. The lowest BCUT2D eigenvalue weighted by Gasteiger charge is -2.28. The Bertz CT molecular complexity index is 292. The molecule has 3 heteroatoms. The van der Waals surface area contributed by atoms with E-state index in [9.17, 15) is 4.79 Å². The Labute approximate surface area is 130 Å². The van der Waals surface area contributed by atoms with Crippen molar-refractivity contribution in [2.24, 2.45) is 17.8 Å². The van der Waals surface area contributed by atoms with Gasteiger partial charge in [-0.1, -0.05) is 26.2 Å². The van der Waals surface area contributed by atoms with Crippen molar-refractivity contribution in [2.75, 3.05) is 19.6 Å². The minimum absolute atomic E-state index is 0.302.